The molecule has 1 N–H and O–H groups in total. The van der Waals surface area contributed by atoms with Gasteiger partial charge in [-0.2, -0.15) is 0 Å². The number of aliphatic carboxylic acids is 1. The van der Waals surface area contributed by atoms with Crippen LogP contribution in [-0.2, 0) is 14.3 Å². The number of carbonyl (C=O) groups is 1. The third-order valence-electron chi connectivity index (χ3n) is 2.61. The average molecular weight is 202 g/mol. The maximum absolute atomic E-state index is 10.7. The predicted molar refractivity (Wildman–Crippen MR) is 51.0 cm³/mol. The van der Waals surface area contributed by atoms with Crippen LogP contribution in [-0.4, -0.2) is 30.6 Å². The van der Waals surface area contributed by atoms with Gasteiger partial charge < -0.3 is 14.6 Å². The van der Waals surface area contributed by atoms with Gasteiger partial charge in [-0.1, -0.05) is 0 Å². The van der Waals surface area contributed by atoms with E-state index in [4.69, 9.17) is 14.6 Å². The summed E-state index contributed by atoms with van der Waals surface area (Å²) in [7, 11) is 0. The topological polar surface area (TPSA) is 55.8 Å². The van der Waals surface area contributed by atoms with E-state index >= 15 is 0 Å². The Hall–Kier alpha value is -0.610. The molecule has 0 aromatic rings. The monoisotopic (exact) mass is 202 g/mol. The Morgan fingerprint density at radius 2 is 2.00 bits per heavy atom. The normalized spacial score (nSPS) is 27.5. The summed E-state index contributed by atoms with van der Waals surface area (Å²) in [5, 5.41) is 8.77. The summed E-state index contributed by atoms with van der Waals surface area (Å²) in [6.07, 6.45) is 3.32. The SMILES string of the molecule is CCOCOC1CCC(C(=O)O)CC1. The fourth-order valence-electron chi connectivity index (χ4n) is 1.70. The summed E-state index contributed by atoms with van der Waals surface area (Å²) >= 11 is 0. The molecule has 0 aliphatic heterocycles. The number of carboxylic acid groups (broad SMARTS) is 1. The van der Waals surface area contributed by atoms with Gasteiger partial charge in [0.05, 0.1) is 12.0 Å². The van der Waals surface area contributed by atoms with Crippen LogP contribution >= 0.6 is 0 Å². The fourth-order valence-corrected chi connectivity index (χ4v) is 1.70. The summed E-state index contributed by atoms with van der Waals surface area (Å²) in [6, 6.07) is 0. The van der Waals surface area contributed by atoms with Crippen LogP contribution in [0, 0.1) is 5.92 Å². The summed E-state index contributed by atoms with van der Waals surface area (Å²) in [6.45, 7) is 2.91. The fraction of sp³-hybridized carbons (Fsp3) is 0.900. The summed E-state index contributed by atoms with van der Waals surface area (Å²) in [5.41, 5.74) is 0. The van der Waals surface area contributed by atoms with Crippen molar-refractivity contribution in [2.45, 2.75) is 38.7 Å². The van der Waals surface area contributed by atoms with Gasteiger partial charge in [-0.15, -0.1) is 0 Å². The lowest BCUT2D eigenvalue weighted by molar-refractivity contribution is -0.145. The second-order valence-corrected chi connectivity index (χ2v) is 3.59. The smallest absolute Gasteiger partial charge is 0.306 e. The van der Waals surface area contributed by atoms with Gasteiger partial charge in [0.2, 0.25) is 0 Å². The van der Waals surface area contributed by atoms with Gasteiger partial charge >= 0.3 is 5.97 Å². The lowest BCUT2D eigenvalue weighted by atomic mass is 9.87. The van der Waals surface area contributed by atoms with E-state index in [1.54, 1.807) is 0 Å². The Morgan fingerprint density at radius 1 is 1.36 bits per heavy atom. The van der Waals surface area contributed by atoms with E-state index in [0.29, 0.717) is 13.4 Å². The Kier molecular flexibility index (Phi) is 4.90. The molecule has 1 rings (SSSR count). The maximum atomic E-state index is 10.7. The molecule has 0 heterocycles. The van der Waals surface area contributed by atoms with Crippen molar-refractivity contribution in [3.63, 3.8) is 0 Å². The minimum Gasteiger partial charge on any atom is -0.481 e. The highest BCUT2D eigenvalue weighted by atomic mass is 16.7. The molecule has 4 nitrogen and oxygen atoms in total. The lowest BCUT2D eigenvalue weighted by Gasteiger charge is -2.25. The van der Waals surface area contributed by atoms with Crippen molar-refractivity contribution >= 4 is 5.97 Å². The number of ether oxygens (including phenoxy) is 2. The van der Waals surface area contributed by atoms with Crippen LogP contribution < -0.4 is 0 Å². The zero-order valence-corrected chi connectivity index (χ0v) is 8.57. The maximum Gasteiger partial charge on any atom is 0.306 e. The molecule has 0 amide bonds. The summed E-state index contributed by atoms with van der Waals surface area (Å²) in [5.74, 6) is -0.838. The van der Waals surface area contributed by atoms with Crippen molar-refractivity contribution in [1.29, 1.82) is 0 Å². The number of rotatable bonds is 5. The van der Waals surface area contributed by atoms with Crippen LogP contribution in [0.2, 0.25) is 0 Å². The molecule has 1 fully saturated rings. The van der Waals surface area contributed by atoms with Crippen molar-refractivity contribution in [1.82, 2.24) is 0 Å². The number of carboxylic acids is 1. The highest BCUT2D eigenvalue weighted by Gasteiger charge is 2.26. The van der Waals surface area contributed by atoms with Crippen LogP contribution in [0.1, 0.15) is 32.6 Å². The van der Waals surface area contributed by atoms with Gasteiger partial charge in [0.1, 0.15) is 6.79 Å². The molecule has 0 atom stereocenters. The Bertz CT molecular complexity index is 173. The Morgan fingerprint density at radius 3 is 2.50 bits per heavy atom. The van der Waals surface area contributed by atoms with E-state index in [-0.39, 0.29) is 12.0 Å². The molecule has 1 aliphatic carbocycles. The quantitative estimate of drug-likeness (QED) is 0.544. The summed E-state index contributed by atoms with van der Waals surface area (Å²) in [4.78, 5) is 10.7. The van der Waals surface area contributed by atoms with E-state index < -0.39 is 5.97 Å². The largest absolute Gasteiger partial charge is 0.481 e. The molecular formula is C10H18O4. The van der Waals surface area contributed by atoms with Crippen molar-refractivity contribution in [3.05, 3.63) is 0 Å². The first-order chi connectivity index (χ1) is 6.74. The lowest BCUT2D eigenvalue weighted by Crippen LogP contribution is -2.26. The van der Waals surface area contributed by atoms with Crippen molar-refractivity contribution in [2.75, 3.05) is 13.4 Å². The molecule has 1 saturated carbocycles. The highest BCUT2D eigenvalue weighted by molar-refractivity contribution is 5.69. The van der Waals surface area contributed by atoms with E-state index in [1.807, 2.05) is 6.92 Å². The third kappa shape index (κ3) is 3.64. The molecular weight excluding hydrogens is 184 g/mol. The zero-order chi connectivity index (χ0) is 10.4. The van der Waals surface area contributed by atoms with Gasteiger partial charge in [0.15, 0.2) is 0 Å². The third-order valence-corrected chi connectivity index (χ3v) is 2.61. The van der Waals surface area contributed by atoms with Gasteiger partial charge in [0, 0.05) is 6.61 Å². The molecule has 14 heavy (non-hydrogen) atoms. The van der Waals surface area contributed by atoms with Crippen LogP contribution in [0.4, 0.5) is 0 Å². The molecule has 0 unspecified atom stereocenters. The Balaban J connectivity index is 2.12. The molecule has 0 aromatic carbocycles. The molecule has 0 aromatic heterocycles. The van der Waals surface area contributed by atoms with Crippen LogP contribution in [0.3, 0.4) is 0 Å². The van der Waals surface area contributed by atoms with Crippen LogP contribution in [0.5, 0.6) is 0 Å². The van der Waals surface area contributed by atoms with Gasteiger partial charge in [-0.25, -0.2) is 0 Å². The molecule has 4 heteroatoms. The second-order valence-electron chi connectivity index (χ2n) is 3.59. The first-order valence-electron chi connectivity index (χ1n) is 5.16. The van der Waals surface area contributed by atoms with Crippen LogP contribution in [0.25, 0.3) is 0 Å². The first-order valence-corrected chi connectivity index (χ1v) is 5.16. The number of hydrogen-bond donors (Lipinski definition) is 1. The van der Waals surface area contributed by atoms with Gasteiger partial charge in [0.25, 0.3) is 0 Å². The van der Waals surface area contributed by atoms with E-state index in [1.165, 1.54) is 0 Å². The second kappa shape index (κ2) is 5.98. The predicted octanol–water partition coefficient (Wildman–Crippen LogP) is 1.64. The van der Waals surface area contributed by atoms with Crippen molar-refractivity contribution < 1.29 is 19.4 Å². The standard InChI is InChI=1S/C10H18O4/c1-2-13-7-14-9-5-3-8(4-6-9)10(11)12/h8-9H,2-7H2,1H3,(H,11,12). The minimum absolute atomic E-state index is 0.165. The molecule has 82 valence electrons. The van der Waals surface area contributed by atoms with Crippen molar-refractivity contribution in [2.24, 2.45) is 5.92 Å². The van der Waals surface area contributed by atoms with Gasteiger partial charge in [-0.05, 0) is 32.6 Å². The molecule has 0 bridgehead atoms. The van der Waals surface area contributed by atoms with Crippen molar-refractivity contribution in [3.8, 4) is 0 Å². The molecule has 1 aliphatic rings. The first kappa shape index (κ1) is 11.5. The molecule has 0 radical (unpaired) electrons. The summed E-state index contributed by atoms with van der Waals surface area (Å²) < 4.78 is 10.5. The van der Waals surface area contributed by atoms with Crippen LogP contribution in [0.15, 0.2) is 0 Å². The van der Waals surface area contributed by atoms with E-state index in [2.05, 4.69) is 0 Å². The molecule has 0 saturated heterocycles. The highest BCUT2D eigenvalue weighted by Crippen LogP contribution is 2.26. The van der Waals surface area contributed by atoms with Gasteiger partial charge in [-0.3, -0.25) is 4.79 Å². The zero-order valence-electron chi connectivity index (χ0n) is 8.57. The Labute approximate surface area is 84.2 Å². The average Bonchev–Trinajstić information content (AvgIpc) is 2.19. The number of hydrogen-bond acceptors (Lipinski definition) is 3. The molecule has 0 spiro atoms. The van der Waals surface area contributed by atoms with E-state index in [9.17, 15) is 4.79 Å². The minimum atomic E-state index is -0.673. The van der Waals surface area contributed by atoms with E-state index in [0.717, 1.165) is 25.7 Å².